The molecule has 1 rings (SSSR count). The van der Waals surface area contributed by atoms with E-state index in [-0.39, 0.29) is 28.8 Å². The lowest BCUT2D eigenvalue weighted by molar-refractivity contribution is -0.147. The van der Waals surface area contributed by atoms with Crippen LogP contribution in [0.15, 0.2) is 0 Å². The Labute approximate surface area is 91.8 Å². The molecule has 0 bridgehead atoms. The molecule has 0 aromatic rings. The van der Waals surface area contributed by atoms with Crippen molar-refractivity contribution in [3.05, 3.63) is 0 Å². The normalized spacial score (nSPS) is 32.9. The van der Waals surface area contributed by atoms with Crippen LogP contribution in [0.25, 0.3) is 0 Å². The van der Waals surface area contributed by atoms with Gasteiger partial charge in [0.05, 0.1) is 18.6 Å². The quantitative estimate of drug-likeness (QED) is 0.728. The summed E-state index contributed by atoms with van der Waals surface area (Å²) in [6.07, 6.45) is 0.461. The molecule has 0 aliphatic heterocycles. The zero-order chi connectivity index (χ0) is 11.9. The molecular weight excluding hydrogens is 192 g/mol. The summed E-state index contributed by atoms with van der Waals surface area (Å²) in [6.45, 7) is 10.2. The van der Waals surface area contributed by atoms with Crippen molar-refractivity contribution in [1.29, 1.82) is 0 Å². The molecule has 0 amide bonds. The van der Waals surface area contributed by atoms with Crippen molar-refractivity contribution in [2.24, 2.45) is 16.7 Å². The molecule has 0 aromatic carbocycles. The Balaban J connectivity index is 2.31. The summed E-state index contributed by atoms with van der Waals surface area (Å²) in [6, 6.07) is 0. The van der Waals surface area contributed by atoms with Gasteiger partial charge in [-0.15, -0.1) is 0 Å². The smallest absolute Gasteiger partial charge is 0.308 e. The van der Waals surface area contributed by atoms with Gasteiger partial charge in [-0.2, -0.15) is 0 Å². The molecular formula is C12H22O3. The molecule has 0 aromatic heterocycles. The average Bonchev–Trinajstić information content (AvgIpc) is 2.50. The fourth-order valence-corrected chi connectivity index (χ4v) is 2.03. The minimum Gasteiger partial charge on any atom is -0.465 e. The van der Waals surface area contributed by atoms with Crippen LogP contribution in [-0.2, 0) is 9.53 Å². The van der Waals surface area contributed by atoms with Gasteiger partial charge in [0.2, 0.25) is 0 Å². The lowest BCUT2D eigenvalue weighted by atomic mass is 9.95. The number of aliphatic hydroxyl groups is 1. The van der Waals surface area contributed by atoms with Gasteiger partial charge in [0.1, 0.15) is 0 Å². The molecule has 3 heteroatoms. The number of hydrogen-bond acceptors (Lipinski definition) is 3. The second kappa shape index (κ2) is 3.78. The van der Waals surface area contributed by atoms with Crippen LogP contribution >= 0.6 is 0 Å². The molecule has 0 heterocycles. The van der Waals surface area contributed by atoms with Crippen LogP contribution in [0, 0.1) is 16.7 Å². The maximum atomic E-state index is 11.2. The van der Waals surface area contributed by atoms with Crippen LogP contribution in [0.1, 0.15) is 41.0 Å². The molecule has 1 fully saturated rings. The minimum atomic E-state index is -0.275. The second-order valence-electron chi connectivity index (χ2n) is 5.61. The summed E-state index contributed by atoms with van der Waals surface area (Å²) in [7, 11) is 0. The van der Waals surface area contributed by atoms with Crippen LogP contribution in [0.4, 0.5) is 0 Å². The summed E-state index contributed by atoms with van der Waals surface area (Å²) in [5.74, 6) is -0.235. The molecule has 2 atom stereocenters. The first-order chi connectivity index (χ1) is 6.73. The van der Waals surface area contributed by atoms with Crippen molar-refractivity contribution in [3.8, 4) is 0 Å². The summed E-state index contributed by atoms with van der Waals surface area (Å²) in [5, 5.41) is 9.75. The largest absolute Gasteiger partial charge is 0.465 e. The van der Waals surface area contributed by atoms with E-state index in [9.17, 15) is 9.90 Å². The Morgan fingerprint density at radius 1 is 1.40 bits per heavy atom. The van der Waals surface area contributed by atoms with Crippen molar-refractivity contribution in [3.63, 3.8) is 0 Å². The van der Waals surface area contributed by atoms with E-state index in [4.69, 9.17) is 4.74 Å². The van der Waals surface area contributed by atoms with Gasteiger partial charge in [0.25, 0.3) is 0 Å². The van der Waals surface area contributed by atoms with E-state index in [0.29, 0.717) is 6.61 Å². The first kappa shape index (κ1) is 12.5. The number of aliphatic hydroxyl groups excluding tert-OH is 1. The highest BCUT2D eigenvalue weighted by Crippen LogP contribution is 2.64. The van der Waals surface area contributed by atoms with E-state index in [1.54, 1.807) is 0 Å². The monoisotopic (exact) mass is 214 g/mol. The third-order valence-electron chi connectivity index (χ3n) is 4.01. The van der Waals surface area contributed by atoms with Gasteiger partial charge in [0, 0.05) is 5.41 Å². The van der Waals surface area contributed by atoms with Gasteiger partial charge in [-0.3, -0.25) is 4.79 Å². The molecule has 0 radical (unpaired) electrons. The Morgan fingerprint density at radius 3 is 2.20 bits per heavy atom. The molecule has 2 unspecified atom stereocenters. The van der Waals surface area contributed by atoms with E-state index in [0.717, 1.165) is 6.42 Å². The van der Waals surface area contributed by atoms with Crippen LogP contribution < -0.4 is 0 Å². The summed E-state index contributed by atoms with van der Waals surface area (Å²) < 4.78 is 5.11. The number of esters is 1. The van der Waals surface area contributed by atoms with Gasteiger partial charge >= 0.3 is 5.97 Å². The molecule has 3 nitrogen and oxygen atoms in total. The Bertz CT molecular complexity index is 258. The lowest BCUT2D eigenvalue weighted by Gasteiger charge is -2.14. The third kappa shape index (κ3) is 2.03. The number of hydrogen-bond donors (Lipinski definition) is 1. The summed E-state index contributed by atoms with van der Waals surface area (Å²) >= 11 is 0. The highest BCUT2D eigenvalue weighted by atomic mass is 16.5. The van der Waals surface area contributed by atoms with Crippen LogP contribution in [-0.4, -0.2) is 23.8 Å². The third-order valence-corrected chi connectivity index (χ3v) is 4.01. The molecule has 15 heavy (non-hydrogen) atoms. The number of carbonyl (C=O) groups excluding carboxylic acids is 1. The van der Waals surface area contributed by atoms with Crippen LogP contribution in [0.2, 0.25) is 0 Å². The second-order valence-corrected chi connectivity index (χ2v) is 5.61. The minimum absolute atomic E-state index is 0.0444. The molecule has 1 aliphatic carbocycles. The van der Waals surface area contributed by atoms with E-state index in [2.05, 4.69) is 0 Å². The SMILES string of the molecule is CC(C)C(=O)OCCC1(C)C(O)C1(C)C. The first-order valence-corrected chi connectivity index (χ1v) is 5.58. The lowest BCUT2D eigenvalue weighted by Crippen LogP contribution is -2.16. The molecule has 1 saturated carbocycles. The molecule has 0 spiro atoms. The van der Waals surface area contributed by atoms with Crippen molar-refractivity contribution >= 4 is 5.97 Å². The van der Waals surface area contributed by atoms with E-state index < -0.39 is 0 Å². The van der Waals surface area contributed by atoms with E-state index in [1.165, 1.54) is 0 Å². The van der Waals surface area contributed by atoms with Gasteiger partial charge < -0.3 is 9.84 Å². The van der Waals surface area contributed by atoms with Crippen LogP contribution in [0.3, 0.4) is 0 Å². The highest BCUT2D eigenvalue weighted by molar-refractivity contribution is 5.71. The fraction of sp³-hybridized carbons (Fsp3) is 0.917. The predicted octanol–water partition coefficient (Wildman–Crippen LogP) is 1.98. The van der Waals surface area contributed by atoms with Gasteiger partial charge in [-0.05, 0) is 11.8 Å². The topological polar surface area (TPSA) is 46.5 Å². The number of rotatable bonds is 4. The van der Waals surface area contributed by atoms with Gasteiger partial charge in [-0.25, -0.2) is 0 Å². The number of ether oxygens (including phenoxy) is 1. The zero-order valence-corrected chi connectivity index (χ0v) is 10.3. The van der Waals surface area contributed by atoms with Crippen molar-refractivity contribution in [1.82, 2.24) is 0 Å². The Hall–Kier alpha value is -0.570. The number of carbonyl (C=O) groups is 1. The van der Waals surface area contributed by atoms with Crippen molar-refractivity contribution < 1.29 is 14.6 Å². The highest BCUT2D eigenvalue weighted by Gasteiger charge is 2.67. The summed E-state index contributed by atoms with van der Waals surface area (Å²) in [5.41, 5.74) is -0.137. The van der Waals surface area contributed by atoms with Crippen molar-refractivity contribution in [2.75, 3.05) is 6.61 Å². The van der Waals surface area contributed by atoms with E-state index >= 15 is 0 Å². The van der Waals surface area contributed by atoms with Crippen molar-refractivity contribution in [2.45, 2.75) is 47.1 Å². The van der Waals surface area contributed by atoms with Gasteiger partial charge in [0.15, 0.2) is 0 Å². The van der Waals surface area contributed by atoms with Gasteiger partial charge in [-0.1, -0.05) is 34.6 Å². The predicted molar refractivity (Wildman–Crippen MR) is 58.3 cm³/mol. The maximum Gasteiger partial charge on any atom is 0.308 e. The standard InChI is InChI=1S/C12H22O3/c1-8(2)9(13)15-7-6-12(5)10(14)11(12,3)4/h8,10,14H,6-7H2,1-5H3. The average molecular weight is 214 g/mol. The summed E-state index contributed by atoms with van der Waals surface area (Å²) in [4.78, 5) is 11.2. The molecule has 1 aliphatic rings. The fourth-order valence-electron chi connectivity index (χ4n) is 2.03. The zero-order valence-electron chi connectivity index (χ0n) is 10.3. The van der Waals surface area contributed by atoms with E-state index in [1.807, 2.05) is 34.6 Å². The Kier molecular flexibility index (Phi) is 3.15. The molecule has 88 valence electrons. The van der Waals surface area contributed by atoms with Crippen LogP contribution in [0.5, 0.6) is 0 Å². The molecule has 0 saturated heterocycles. The maximum absolute atomic E-state index is 11.2. The first-order valence-electron chi connectivity index (χ1n) is 5.58. The Morgan fingerprint density at radius 2 is 1.87 bits per heavy atom. The molecule has 1 N–H and O–H groups in total.